The second-order valence-electron chi connectivity index (χ2n) is 6.21. The van der Waals surface area contributed by atoms with Gasteiger partial charge in [-0.3, -0.25) is 9.48 Å². The van der Waals surface area contributed by atoms with Crippen molar-refractivity contribution in [1.82, 2.24) is 9.78 Å². The Labute approximate surface area is 125 Å². The molecular formula is C15H23ClN2O2. The van der Waals surface area contributed by atoms with Gasteiger partial charge >= 0.3 is 0 Å². The average molecular weight is 299 g/mol. The molecular weight excluding hydrogens is 276 g/mol. The summed E-state index contributed by atoms with van der Waals surface area (Å²) < 4.78 is 6.74. The predicted molar refractivity (Wildman–Crippen MR) is 79.2 cm³/mol. The molecule has 1 aliphatic carbocycles. The number of Topliss-reactive ketones (excluding diaryl/α,β-unsaturated/α-hetero) is 1. The van der Waals surface area contributed by atoms with Crippen LogP contribution in [0.2, 0.25) is 5.02 Å². The molecule has 4 nitrogen and oxygen atoms in total. The maximum absolute atomic E-state index is 12.9. The number of nitrogens with zero attached hydrogens (tertiary/aromatic N) is 2. The second kappa shape index (κ2) is 6.27. The Kier molecular flexibility index (Phi) is 4.86. The molecule has 1 atom stereocenters. The van der Waals surface area contributed by atoms with Gasteiger partial charge < -0.3 is 4.74 Å². The minimum absolute atomic E-state index is 0.0340. The summed E-state index contributed by atoms with van der Waals surface area (Å²) in [6.07, 6.45) is 5.91. The number of hydrogen-bond donors (Lipinski definition) is 0. The van der Waals surface area contributed by atoms with E-state index in [9.17, 15) is 4.79 Å². The molecule has 20 heavy (non-hydrogen) atoms. The van der Waals surface area contributed by atoms with Gasteiger partial charge in [0, 0.05) is 13.0 Å². The van der Waals surface area contributed by atoms with Crippen LogP contribution in [0.1, 0.15) is 50.0 Å². The maximum atomic E-state index is 12.9. The highest BCUT2D eigenvalue weighted by Gasteiger charge is 2.39. The van der Waals surface area contributed by atoms with Crippen LogP contribution in [0.25, 0.3) is 0 Å². The lowest BCUT2D eigenvalue weighted by Gasteiger charge is -2.37. The Morgan fingerprint density at radius 3 is 2.95 bits per heavy atom. The number of carbonyl (C=O) groups is 1. The molecule has 1 aromatic heterocycles. The van der Waals surface area contributed by atoms with E-state index < -0.39 is 0 Å². The van der Waals surface area contributed by atoms with Crippen LogP contribution in [0.15, 0.2) is 6.20 Å². The van der Waals surface area contributed by atoms with E-state index in [1.54, 1.807) is 18.0 Å². The molecule has 0 amide bonds. The number of aromatic nitrogens is 2. The predicted octanol–water partition coefficient (Wildman–Crippen LogP) is 3.58. The quantitative estimate of drug-likeness (QED) is 0.780. The highest BCUT2D eigenvalue weighted by molar-refractivity contribution is 6.33. The lowest BCUT2D eigenvalue weighted by Crippen LogP contribution is -2.35. The van der Waals surface area contributed by atoms with Gasteiger partial charge in [-0.25, -0.2) is 0 Å². The first-order valence-corrected chi connectivity index (χ1v) is 7.59. The van der Waals surface area contributed by atoms with Gasteiger partial charge in [-0.15, -0.1) is 0 Å². The van der Waals surface area contributed by atoms with Crippen LogP contribution >= 0.6 is 11.6 Å². The Hall–Kier alpha value is -0.870. The molecule has 0 aliphatic heterocycles. The third-order valence-electron chi connectivity index (χ3n) is 4.36. The molecule has 1 unspecified atom stereocenters. The number of hydrogen-bond acceptors (Lipinski definition) is 3. The molecule has 2 rings (SSSR count). The Morgan fingerprint density at radius 2 is 2.30 bits per heavy atom. The number of ether oxygens (including phenoxy) is 1. The number of carbonyl (C=O) groups excluding carboxylic acids is 1. The summed E-state index contributed by atoms with van der Waals surface area (Å²) in [4.78, 5) is 12.9. The van der Waals surface area contributed by atoms with Crippen LogP contribution in [0.4, 0.5) is 0 Å². The molecule has 0 aromatic carbocycles. The Bertz CT molecular complexity index is 482. The molecule has 5 heteroatoms. The van der Waals surface area contributed by atoms with Gasteiger partial charge in [0.15, 0.2) is 5.78 Å². The third-order valence-corrected chi connectivity index (χ3v) is 4.64. The Balaban J connectivity index is 2.26. The van der Waals surface area contributed by atoms with E-state index in [-0.39, 0.29) is 17.1 Å². The van der Waals surface area contributed by atoms with Gasteiger partial charge in [-0.05, 0) is 18.3 Å². The van der Waals surface area contributed by atoms with Crippen LogP contribution < -0.4 is 0 Å². The minimum Gasteiger partial charge on any atom is -0.383 e. The van der Waals surface area contributed by atoms with Crippen molar-refractivity contribution in [1.29, 1.82) is 0 Å². The van der Waals surface area contributed by atoms with E-state index in [1.165, 1.54) is 6.42 Å². The van der Waals surface area contributed by atoms with Gasteiger partial charge in [-0.2, -0.15) is 5.10 Å². The number of rotatable bonds is 5. The number of halogens is 1. The molecule has 112 valence electrons. The first kappa shape index (κ1) is 15.5. The first-order valence-electron chi connectivity index (χ1n) is 7.22. The Morgan fingerprint density at radius 1 is 1.55 bits per heavy atom. The van der Waals surface area contributed by atoms with E-state index in [0.717, 1.165) is 19.3 Å². The van der Waals surface area contributed by atoms with Crippen molar-refractivity contribution in [2.24, 2.45) is 11.3 Å². The standard InChI is InChI=1S/C15H23ClN2O2/c1-15(2)7-5-4-6-11(15)14(19)13-12(16)10-17-18(13)8-9-20-3/h10-11H,4-9H2,1-3H3. The molecule has 0 saturated heterocycles. The SMILES string of the molecule is COCCn1ncc(Cl)c1C(=O)C1CCCCC1(C)C. The summed E-state index contributed by atoms with van der Waals surface area (Å²) in [6, 6.07) is 0. The fourth-order valence-electron chi connectivity index (χ4n) is 3.10. The molecule has 1 aliphatic rings. The van der Waals surface area contributed by atoms with Crippen molar-refractivity contribution in [3.05, 3.63) is 16.9 Å². The van der Waals surface area contributed by atoms with Crippen LogP contribution in [-0.4, -0.2) is 29.3 Å². The van der Waals surface area contributed by atoms with Gasteiger partial charge in [0.1, 0.15) is 5.69 Å². The van der Waals surface area contributed by atoms with E-state index in [4.69, 9.17) is 16.3 Å². The van der Waals surface area contributed by atoms with Gasteiger partial charge in [-0.1, -0.05) is 38.3 Å². The highest BCUT2D eigenvalue weighted by atomic mass is 35.5. The van der Waals surface area contributed by atoms with Crippen LogP contribution in [0.3, 0.4) is 0 Å². The molecule has 0 radical (unpaired) electrons. The lowest BCUT2D eigenvalue weighted by molar-refractivity contribution is 0.0683. The minimum atomic E-state index is 0.0340. The smallest absolute Gasteiger partial charge is 0.185 e. The summed E-state index contributed by atoms with van der Waals surface area (Å²) in [6.45, 7) is 5.43. The highest BCUT2D eigenvalue weighted by Crippen LogP contribution is 2.42. The zero-order valence-corrected chi connectivity index (χ0v) is 13.2. The van der Waals surface area contributed by atoms with Gasteiger partial charge in [0.2, 0.25) is 0 Å². The molecule has 1 heterocycles. The molecule has 0 bridgehead atoms. The summed E-state index contributed by atoms with van der Waals surface area (Å²) in [7, 11) is 1.64. The van der Waals surface area contributed by atoms with Crippen molar-refractivity contribution in [3.8, 4) is 0 Å². The van der Waals surface area contributed by atoms with Crippen molar-refractivity contribution in [2.45, 2.75) is 46.1 Å². The van der Waals surface area contributed by atoms with Crippen LogP contribution in [0.5, 0.6) is 0 Å². The van der Waals surface area contributed by atoms with Crippen LogP contribution in [-0.2, 0) is 11.3 Å². The van der Waals surface area contributed by atoms with Crippen molar-refractivity contribution >= 4 is 17.4 Å². The van der Waals surface area contributed by atoms with Crippen molar-refractivity contribution < 1.29 is 9.53 Å². The summed E-state index contributed by atoms with van der Waals surface area (Å²) in [5.74, 6) is 0.167. The van der Waals surface area contributed by atoms with E-state index in [2.05, 4.69) is 18.9 Å². The molecule has 1 fully saturated rings. The zero-order chi connectivity index (χ0) is 14.8. The molecule has 0 spiro atoms. The second-order valence-corrected chi connectivity index (χ2v) is 6.62. The monoisotopic (exact) mass is 298 g/mol. The summed E-state index contributed by atoms with van der Waals surface area (Å²) in [5.41, 5.74) is 0.582. The van der Waals surface area contributed by atoms with Crippen molar-refractivity contribution in [2.75, 3.05) is 13.7 Å². The number of ketones is 1. The van der Waals surface area contributed by atoms with E-state index in [1.807, 2.05) is 0 Å². The molecule has 1 aromatic rings. The molecule has 1 saturated carbocycles. The van der Waals surface area contributed by atoms with Gasteiger partial charge in [0.25, 0.3) is 0 Å². The normalized spacial score (nSPS) is 21.9. The average Bonchev–Trinajstić information content (AvgIpc) is 2.76. The van der Waals surface area contributed by atoms with Crippen molar-refractivity contribution in [3.63, 3.8) is 0 Å². The first-order chi connectivity index (χ1) is 9.47. The van der Waals surface area contributed by atoms with E-state index >= 15 is 0 Å². The topological polar surface area (TPSA) is 44.1 Å². The molecule has 0 N–H and O–H groups in total. The van der Waals surface area contributed by atoms with Crippen LogP contribution in [0, 0.1) is 11.3 Å². The zero-order valence-electron chi connectivity index (χ0n) is 12.5. The fraction of sp³-hybridized carbons (Fsp3) is 0.733. The lowest BCUT2D eigenvalue weighted by atomic mass is 9.67. The maximum Gasteiger partial charge on any atom is 0.185 e. The van der Waals surface area contributed by atoms with Gasteiger partial charge in [0.05, 0.1) is 24.4 Å². The van der Waals surface area contributed by atoms with E-state index in [0.29, 0.717) is 23.9 Å². The summed E-state index contributed by atoms with van der Waals surface area (Å²) >= 11 is 6.19. The number of methoxy groups -OCH3 is 1. The fourth-order valence-corrected chi connectivity index (χ4v) is 3.33. The third kappa shape index (κ3) is 3.07. The summed E-state index contributed by atoms with van der Waals surface area (Å²) in [5, 5.41) is 4.65. The largest absolute Gasteiger partial charge is 0.383 e.